The van der Waals surface area contributed by atoms with E-state index in [2.05, 4.69) is 5.32 Å². The Bertz CT molecular complexity index is 840. The van der Waals surface area contributed by atoms with E-state index in [1.54, 1.807) is 36.4 Å². The number of nitrogens with one attached hydrogen (secondary N) is 1. The van der Waals surface area contributed by atoms with Gasteiger partial charge in [0.1, 0.15) is 0 Å². The summed E-state index contributed by atoms with van der Waals surface area (Å²) in [5.41, 5.74) is 1.68. The fraction of sp³-hybridized carbons (Fsp3) is 0. The largest absolute Gasteiger partial charge is 0.288 e. The van der Waals surface area contributed by atoms with Crippen LogP contribution in [0.15, 0.2) is 48.5 Å². The third-order valence-electron chi connectivity index (χ3n) is 3.33. The minimum absolute atomic E-state index is 0.0603. The van der Waals surface area contributed by atoms with Crippen molar-refractivity contribution in [3.8, 4) is 0 Å². The highest BCUT2D eigenvalue weighted by Gasteiger charge is 2.26. The van der Waals surface area contributed by atoms with Gasteiger partial charge in [0.25, 0.3) is 17.5 Å². The van der Waals surface area contributed by atoms with E-state index in [1.165, 1.54) is 18.2 Å². The van der Waals surface area contributed by atoms with Crippen LogP contribution in [-0.2, 0) is 4.79 Å². The molecule has 1 aliphatic heterocycles. The molecule has 0 unspecified atom stereocenters. The molecule has 2 aromatic rings. The molecule has 0 aliphatic carbocycles. The number of nitrogens with zero attached hydrogens (tertiary/aromatic N) is 1. The lowest BCUT2D eigenvalue weighted by atomic mass is 9.93. The van der Waals surface area contributed by atoms with Gasteiger partial charge in [-0.1, -0.05) is 30.3 Å². The van der Waals surface area contributed by atoms with E-state index in [0.29, 0.717) is 22.3 Å². The van der Waals surface area contributed by atoms with Crippen LogP contribution in [0.2, 0.25) is 0 Å². The number of hydrogen-bond acceptors (Lipinski definition) is 4. The highest BCUT2D eigenvalue weighted by molar-refractivity contribution is 6.33. The monoisotopic (exact) mass is 294 g/mol. The van der Waals surface area contributed by atoms with E-state index in [-0.39, 0.29) is 5.69 Å². The molecule has 108 valence electrons. The molecule has 6 heteroatoms. The highest BCUT2D eigenvalue weighted by Crippen LogP contribution is 2.26. The molecule has 0 saturated heterocycles. The molecular weight excluding hydrogens is 284 g/mol. The van der Waals surface area contributed by atoms with Gasteiger partial charge in [-0.2, -0.15) is 0 Å². The predicted octanol–water partition coefficient (Wildman–Crippen LogP) is 2.41. The molecule has 22 heavy (non-hydrogen) atoms. The van der Waals surface area contributed by atoms with Crippen molar-refractivity contribution in [2.45, 2.75) is 0 Å². The maximum Gasteiger partial charge on any atom is 0.270 e. The van der Waals surface area contributed by atoms with Crippen molar-refractivity contribution in [2.24, 2.45) is 0 Å². The van der Waals surface area contributed by atoms with Gasteiger partial charge in [-0.15, -0.1) is 0 Å². The van der Waals surface area contributed by atoms with Crippen molar-refractivity contribution in [1.82, 2.24) is 5.32 Å². The summed E-state index contributed by atoms with van der Waals surface area (Å²) >= 11 is 0. The lowest BCUT2D eigenvalue weighted by Gasteiger charge is -2.17. The number of carbonyl (C=O) groups excluding carboxylic acids is 2. The van der Waals surface area contributed by atoms with Gasteiger partial charge in [-0.3, -0.25) is 25.0 Å². The average molecular weight is 294 g/mol. The Morgan fingerprint density at radius 2 is 1.68 bits per heavy atom. The van der Waals surface area contributed by atoms with Gasteiger partial charge in [0.15, 0.2) is 0 Å². The van der Waals surface area contributed by atoms with Crippen molar-refractivity contribution >= 4 is 29.2 Å². The zero-order chi connectivity index (χ0) is 15.7. The maximum atomic E-state index is 12.1. The molecule has 0 atom stereocenters. The summed E-state index contributed by atoms with van der Waals surface area (Å²) in [4.78, 5) is 34.2. The number of rotatable bonds is 2. The molecule has 0 fully saturated rings. The second-order valence-corrected chi connectivity index (χ2v) is 4.74. The quantitative estimate of drug-likeness (QED) is 0.398. The molecule has 0 radical (unpaired) electrons. The van der Waals surface area contributed by atoms with Gasteiger partial charge < -0.3 is 0 Å². The summed E-state index contributed by atoms with van der Waals surface area (Å²) in [5.74, 6) is -0.966. The van der Waals surface area contributed by atoms with Crippen LogP contribution in [0.4, 0.5) is 5.69 Å². The number of non-ortho nitro benzene ring substituents is 1. The molecule has 1 heterocycles. The van der Waals surface area contributed by atoms with Crippen LogP contribution in [0.3, 0.4) is 0 Å². The van der Waals surface area contributed by atoms with Gasteiger partial charge in [0, 0.05) is 23.3 Å². The first-order valence-corrected chi connectivity index (χ1v) is 6.47. The minimum atomic E-state index is -0.518. The topological polar surface area (TPSA) is 89.3 Å². The summed E-state index contributed by atoms with van der Waals surface area (Å²) < 4.78 is 0. The number of benzene rings is 2. The van der Waals surface area contributed by atoms with E-state index in [0.717, 1.165) is 0 Å². The van der Waals surface area contributed by atoms with Crippen molar-refractivity contribution in [2.75, 3.05) is 0 Å². The van der Waals surface area contributed by atoms with E-state index in [9.17, 15) is 19.7 Å². The summed E-state index contributed by atoms with van der Waals surface area (Å²) in [5, 5.41) is 13.1. The molecule has 2 aromatic carbocycles. The van der Waals surface area contributed by atoms with Gasteiger partial charge in [0.05, 0.1) is 4.92 Å². The van der Waals surface area contributed by atoms with E-state index < -0.39 is 16.7 Å². The molecule has 0 saturated carbocycles. The zero-order valence-electron chi connectivity index (χ0n) is 11.3. The molecule has 0 bridgehead atoms. The van der Waals surface area contributed by atoms with Crippen molar-refractivity contribution in [3.05, 3.63) is 75.3 Å². The van der Waals surface area contributed by atoms with Gasteiger partial charge in [0.2, 0.25) is 0 Å². The lowest BCUT2D eigenvalue weighted by Crippen LogP contribution is -2.36. The summed E-state index contributed by atoms with van der Waals surface area (Å²) in [6, 6.07) is 12.7. The van der Waals surface area contributed by atoms with E-state index >= 15 is 0 Å². The Balaban J connectivity index is 2.13. The lowest BCUT2D eigenvalue weighted by molar-refractivity contribution is -0.384. The molecule has 0 aromatic heterocycles. The minimum Gasteiger partial charge on any atom is -0.288 e. The van der Waals surface area contributed by atoms with Gasteiger partial charge in [-0.25, -0.2) is 0 Å². The second kappa shape index (κ2) is 5.25. The van der Waals surface area contributed by atoms with Crippen LogP contribution >= 0.6 is 0 Å². The number of carbonyl (C=O) groups is 2. The third-order valence-corrected chi connectivity index (χ3v) is 3.33. The van der Waals surface area contributed by atoms with E-state index in [1.807, 2.05) is 0 Å². The Morgan fingerprint density at radius 3 is 2.41 bits per heavy atom. The summed E-state index contributed by atoms with van der Waals surface area (Å²) in [6.45, 7) is 0. The van der Waals surface area contributed by atoms with Crippen LogP contribution in [0.1, 0.15) is 21.5 Å². The second-order valence-electron chi connectivity index (χ2n) is 4.74. The van der Waals surface area contributed by atoms with Crippen molar-refractivity contribution < 1.29 is 14.5 Å². The molecule has 1 aliphatic rings. The van der Waals surface area contributed by atoms with Crippen molar-refractivity contribution in [3.63, 3.8) is 0 Å². The first-order chi connectivity index (χ1) is 10.6. The Labute approximate surface area is 125 Å². The number of imide groups is 1. The fourth-order valence-electron chi connectivity index (χ4n) is 2.31. The normalized spacial score (nSPS) is 15.4. The van der Waals surface area contributed by atoms with Crippen LogP contribution < -0.4 is 5.32 Å². The Hall–Kier alpha value is -3.28. The van der Waals surface area contributed by atoms with Gasteiger partial charge >= 0.3 is 0 Å². The SMILES string of the molecule is O=C1NC(=O)c2ccccc2C1=Cc1cccc([N+](=O)[O-])c1. The Morgan fingerprint density at radius 1 is 0.955 bits per heavy atom. The molecule has 3 rings (SSSR count). The number of nitro benzene ring substituents is 1. The van der Waals surface area contributed by atoms with Gasteiger partial charge in [-0.05, 0) is 23.3 Å². The zero-order valence-corrected chi connectivity index (χ0v) is 11.3. The van der Waals surface area contributed by atoms with Crippen LogP contribution in [0, 0.1) is 10.1 Å². The highest BCUT2D eigenvalue weighted by atomic mass is 16.6. The summed E-state index contributed by atoms with van der Waals surface area (Å²) in [6.07, 6.45) is 1.54. The standard InChI is InChI=1S/C16H10N2O4/c19-15-13-7-2-1-6-12(13)14(16(20)17-15)9-10-4-3-5-11(8-10)18(21)22/h1-9H,(H,17,19,20). The smallest absolute Gasteiger partial charge is 0.270 e. The van der Waals surface area contributed by atoms with E-state index in [4.69, 9.17) is 0 Å². The molecular formula is C16H10N2O4. The first-order valence-electron chi connectivity index (χ1n) is 6.47. The molecule has 0 spiro atoms. The number of fused-ring (bicyclic) bond motifs is 1. The molecule has 1 N–H and O–H groups in total. The first kappa shape index (κ1) is 13.7. The van der Waals surface area contributed by atoms with Crippen molar-refractivity contribution in [1.29, 1.82) is 0 Å². The number of amides is 2. The third kappa shape index (κ3) is 2.37. The fourth-order valence-corrected chi connectivity index (χ4v) is 2.31. The number of nitro groups is 1. The maximum absolute atomic E-state index is 12.1. The summed E-state index contributed by atoms with van der Waals surface area (Å²) in [7, 11) is 0. The van der Waals surface area contributed by atoms with Crippen LogP contribution in [0.25, 0.3) is 11.6 Å². The molecule has 2 amide bonds. The average Bonchev–Trinajstić information content (AvgIpc) is 2.52. The predicted molar refractivity (Wildman–Crippen MR) is 79.9 cm³/mol. The van der Waals surface area contributed by atoms with Crippen LogP contribution in [0.5, 0.6) is 0 Å². The number of hydrogen-bond donors (Lipinski definition) is 1. The van der Waals surface area contributed by atoms with Crippen LogP contribution in [-0.4, -0.2) is 16.7 Å². The Kier molecular flexibility index (Phi) is 3.27. The molecule has 6 nitrogen and oxygen atoms in total.